The maximum absolute atomic E-state index is 12.3. The largest absolute Gasteiger partial charge is 0.497 e. The van der Waals surface area contributed by atoms with E-state index in [0.29, 0.717) is 17.0 Å². The average Bonchev–Trinajstić information content (AvgIpc) is 2.54. The first-order valence-corrected chi connectivity index (χ1v) is 8.76. The van der Waals surface area contributed by atoms with Crippen LogP contribution in [-0.4, -0.2) is 15.5 Å². The molecule has 2 aromatic rings. The first-order valence-electron chi connectivity index (χ1n) is 6.49. The summed E-state index contributed by atoms with van der Waals surface area (Å²) in [6, 6.07) is 15.1. The highest BCUT2D eigenvalue weighted by molar-refractivity contribution is 9.10. The predicted molar refractivity (Wildman–Crippen MR) is 93.3 cm³/mol. The molecule has 23 heavy (non-hydrogen) atoms. The van der Waals surface area contributed by atoms with Gasteiger partial charge in [0.05, 0.1) is 7.11 Å². The van der Waals surface area contributed by atoms with Gasteiger partial charge >= 0.3 is 0 Å². The fraction of sp³-hybridized carbons (Fsp3) is 0.0625. The zero-order valence-corrected chi connectivity index (χ0v) is 14.6. The molecule has 0 aliphatic heterocycles. The fourth-order valence-electron chi connectivity index (χ4n) is 1.75. The third kappa shape index (κ3) is 4.58. The maximum Gasteiger partial charge on any atom is 0.272 e. The zero-order valence-electron chi connectivity index (χ0n) is 12.2. The summed E-state index contributed by atoms with van der Waals surface area (Å²) in [5.74, 6) is 0.610. The molecule has 0 atom stereocenters. The highest BCUT2D eigenvalue weighted by Crippen LogP contribution is 2.20. The van der Waals surface area contributed by atoms with Crippen LogP contribution in [0.4, 0.5) is 5.69 Å². The van der Waals surface area contributed by atoms with Crippen molar-refractivity contribution in [2.24, 2.45) is 0 Å². The average molecular weight is 393 g/mol. The van der Waals surface area contributed by atoms with Crippen LogP contribution < -0.4 is 9.46 Å². The highest BCUT2D eigenvalue weighted by Gasteiger charge is 2.17. The van der Waals surface area contributed by atoms with Gasteiger partial charge in [-0.25, -0.2) is 8.42 Å². The molecule has 0 spiro atoms. The minimum atomic E-state index is -3.96. The molecule has 0 radical (unpaired) electrons. The molecule has 0 heterocycles. The molecule has 0 saturated heterocycles. The van der Waals surface area contributed by atoms with Crippen LogP contribution in [0.3, 0.4) is 0 Å². The van der Waals surface area contributed by atoms with E-state index >= 15 is 0 Å². The van der Waals surface area contributed by atoms with Gasteiger partial charge in [0, 0.05) is 10.2 Å². The van der Waals surface area contributed by atoms with E-state index in [4.69, 9.17) is 4.74 Å². The van der Waals surface area contributed by atoms with Crippen LogP contribution >= 0.6 is 15.9 Å². The number of nitrogens with one attached hydrogen (secondary N) is 1. The summed E-state index contributed by atoms with van der Waals surface area (Å²) in [6.07, 6.45) is 1.32. The van der Waals surface area contributed by atoms with Gasteiger partial charge in [0.1, 0.15) is 11.8 Å². The van der Waals surface area contributed by atoms with E-state index < -0.39 is 10.0 Å². The summed E-state index contributed by atoms with van der Waals surface area (Å²) in [5, 5.41) is 9.17. The molecule has 2 aromatic carbocycles. The van der Waals surface area contributed by atoms with Gasteiger partial charge in [0.2, 0.25) is 0 Å². The van der Waals surface area contributed by atoms with Crippen molar-refractivity contribution in [2.45, 2.75) is 0 Å². The topological polar surface area (TPSA) is 79.2 Å². The first-order chi connectivity index (χ1) is 10.9. The number of halogens is 1. The molecular weight excluding hydrogens is 380 g/mol. The van der Waals surface area contributed by atoms with Gasteiger partial charge in [0.15, 0.2) is 4.91 Å². The van der Waals surface area contributed by atoms with E-state index in [-0.39, 0.29) is 4.91 Å². The second-order valence-electron chi connectivity index (χ2n) is 4.51. The van der Waals surface area contributed by atoms with E-state index in [0.717, 1.165) is 4.47 Å². The smallest absolute Gasteiger partial charge is 0.272 e. The Balaban J connectivity index is 2.28. The Morgan fingerprint density at radius 1 is 1.17 bits per heavy atom. The van der Waals surface area contributed by atoms with E-state index in [2.05, 4.69) is 20.7 Å². The Hall–Kier alpha value is -2.30. The molecule has 0 bridgehead atoms. The fourth-order valence-corrected chi connectivity index (χ4v) is 2.98. The van der Waals surface area contributed by atoms with Crippen LogP contribution in [0.2, 0.25) is 0 Å². The third-order valence-electron chi connectivity index (χ3n) is 2.91. The Morgan fingerprint density at radius 3 is 2.30 bits per heavy atom. The van der Waals surface area contributed by atoms with Gasteiger partial charge in [-0.3, -0.25) is 4.72 Å². The van der Waals surface area contributed by atoms with Gasteiger partial charge in [0.25, 0.3) is 10.0 Å². The normalized spacial score (nSPS) is 11.6. The predicted octanol–water partition coefficient (Wildman–Crippen LogP) is 3.76. The number of anilines is 1. The molecule has 118 valence electrons. The summed E-state index contributed by atoms with van der Waals surface area (Å²) >= 11 is 3.30. The summed E-state index contributed by atoms with van der Waals surface area (Å²) in [5.41, 5.74) is 0.965. The molecule has 0 fully saturated rings. The maximum atomic E-state index is 12.3. The molecular formula is C16H13BrN2O3S. The lowest BCUT2D eigenvalue weighted by Crippen LogP contribution is -2.14. The number of hydrogen-bond acceptors (Lipinski definition) is 4. The molecule has 2 rings (SSSR count). The van der Waals surface area contributed by atoms with Gasteiger partial charge in [-0.15, -0.1) is 0 Å². The van der Waals surface area contributed by atoms with E-state index in [1.165, 1.54) is 13.2 Å². The lowest BCUT2D eigenvalue weighted by atomic mass is 10.2. The van der Waals surface area contributed by atoms with Crippen molar-refractivity contribution in [1.82, 2.24) is 0 Å². The number of benzene rings is 2. The quantitative estimate of drug-likeness (QED) is 0.785. The number of ether oxygens (including phenoxy) is 1. The minimum Gasteiger partial charge on any atom is -0.497 e. The third-order valence-corrected chi connectivity index (χ3v) is 4.73. The lowest BCUT2D eigenvalue weighted by Gasteiger charge is -2.08. The van der Waals surface area contributed by atoms with Crippen LogP contribution in [0, 0.1) is 11.3 Å². The van der Waals surface area contributed by atoms with Crippen LogP contribution in [0.1, 0.15) is 5.56 Å². The van der Waals surface area contributed by atoms with Crippen molar-refractivity contribution in [3.63, 3.8) is 0 Å². The first kappa shape index (κ1) is 17.1. The number of nitriles is 1. The SMILES string of the molecule is COc1ccc(NS(=O)(=O)/C(C#N)=C/c2ccc(Br)cc2)cc1. The Kier molecular flexibility index (Phi) is 5.42. The summed E-state index contributed by atoms with van der Waals surface area (Å²) in [4.78, 5) is -0.365. The van der Waals surface area contributed by atoms with Crippen LogP contribution in [0.25, 0.3) is 6.08 Å². The molecule has 1 N–H and O–H groups in total. The number of hydrogen-bond donors (Lipinski definition) is 1. The number of allylic oxidation sites excluding steroid dienone is 1. The second-order valence-corrected chi connectivity index (χ2v) is 7.07. The molecule has 5 nitrogen and oxygen atoms in total. The Morgan fingerprint density at radius 2 is 1.78 bits per heavy atom. The van der Waals surface area contributed by atoms with Gasteiger partial charge in [-0.1, -0.05) is 28.1 Å². The lowest BCUT2D eigenvalue weighted by molar-refractivity contribution is 0.415. The second kappa shape index (κ2) is 7.31. The van der Waals surface area contributed by atoms with Gasteiger partial charge in [-0.2, -0.15) is 5.26 Å². The van der Waals surface area contributed by atoms with E-state index in [1.807, 2.05) is 0 Å². The van der Waals surface area contributed by atoms with Crippen molar-refractivity contribution >= 4 is 37.7 Å². The monoisotopic (exact) mass is 392 g/mol. The molecule has 7 heteroatoms. The summed E-state index contributed by atoms with van der Waals surface area (Å²) in [7, 11) is -2.43. The van der Waals surface area contributed by atoms with Gasteiger partial charge in [-0.05, 0) is 48.0 Å². The Bertz CT molecular complexity index is 852. The number of sulfonamides is 1. The van der Waals surface area contributed by atoms with Crippen LogP contribution in [0.15, 0.2) is 57.9 Å². The summed E-state index contributed by atoms with van der Waals surface area (Å²) < 4.78 is 32.9. The molecule has 0 aromatic heterocycles. The van der Waals surface area contributed by atoms with E-state index in [9.17, 15) is 13.7 Å². The van der Waals surface area contributed by atoms with Crippen molar-refractivity contribution in [3.05, 3.63) is 63.5 Å². The highest BCUT2D eigenvalue weighted by atomic mass is 79.9. The summed E-state index contributed by atoms with van der Waals surface area (Å²) in [6.45, 7) is 0. The van der Waals surface area contributed by atoms with Crippen molar-refractivity contribution < 1.29 is 13.2 Å². The van der Waals surface area contributed by atoms with Crippen LogP contribution in [-0.2, 0) is 10.0 Å². The van der Waals surface area contributed by atoms with Crippen molar-refractivity contribution in [2.75, 3.05) is 11.8 Å². The minimum absolute atomic E-state index is 0.350. The van der Waals surface area contributed by atoms with Crippen molar-refractivity contribution in [1.29, 1.82) is 5.26 Å². The Labute approximate surface area is 143 Å². The number of nitrogens with zero attached hydrogens (tertiary/aromatic N) is 1. The molecule has 0 aliphatic carbocycles. The molecule has 0 amide bonds. The van der Waals surface area contributed by atoms with Gasteiger partial charge < -0.3 is 4.74 Å². The van der Waals surface area contributed by atoms with E-state index in [1.54, 1.807) is 54.6 Å². The molecule has 0 unspecified atom stereocenters. The van der Waals surface area contributed by atoms with Crippen molar-refractivity contribution in [3.8, 4) is 11.8 Å². The molecule has 0 saturated carbocycles. The number of methoxy groups -OCH3 is 1. The molecule has 0 aliphatic rings. The zero-order chi connectivity index (χ0) is 16.9. The van der Waals surface area contributed by atoms with Crippen LogP contribution in [0.5, 0.6) is 5.75 Å². The number of rotatable bonds is 5. The standard InChI is InChI=1S/C16H13BrN2O3S/c1-22-15-8-6-14(7-9-15)19-23(20,21)16(11-18)10-12-2-4-13(17)5-3-12/h2-10,19H,1H3/b16-10+.